The summed E-state index contributed by atoms with van der Waals surface area (Å²) in [5, 5.41) is 5.35. The van der Waals surface area contributed by atoms with Crippen LogP contribution in [0.2, 0.25) is 0 Å². The third-order valence-corrected chi connectivity index (χ3v) is 7.10. The number of benzene rings is 1. The van der Waals surface area contributed by atoms with E-state index < -0.39 is 0 Å². The van der Waals surface area contributed by atoms with E-state index in [0.717, 1.165) is 35.4 Å². The number of ether oxygens (including phenoxy) is 1. The number of aryl methyl sites for hydroxylation is 1. The van der Waals surface area contributed by atoms with Gasteiger partial charge in [0.25, 0.3) is 5.91 Å². The molecule has 1 N–H and O–H groups in total. The van der Waals surface area contributed by atoms with Crippen LogP contribution in [0.5, 0.6) is 0 Å². The highest BCUT2D eigenvalue weighted by molar-refractivity contribution is 7.20. The van der Waals surface area contributed by atoms with E-state index in [0.29, 0.717) is 11.5 Å². The molecule has 1 aliphatic heterocycles. The highest BCUT2D eigenvalue weighted by Crippen LogP contribution is 2.37. The maximum Gasteiger partial charge on any atom is 0.262 e. The molecule has 1 unspecified atom stereocenters. The number of thiophene rings is 1. The molecular weight excluding hydrogens is 420 g/mol. The summed E-state index contributed by atoms with van der Waals surface area (Å²) in [4.78, 5) is 21.5. The Balaban J connectivity index is 1.46. The minimum absolute atomic E-state index is 0.0484. The Labute approximate surface area is 191 Å². The molecule has 32 heavy (non-hydrogen) atoms. The van der Waals surface area contributed by atoms with E-state index >= 15 is 0 Å². The lowest BCUT2D eigenvalue weighted by Crippen LogP contribution is -2.38. The number of carbonyl (C=O) groups is 1. The summed E-state index contributed by atoms with van der Waals surface area (Å²) < 4.78 is 8.43. The van der Waals surface area contributed by atoms with Crippen molar-refractivity contribution in [3.63, 3.8) is 0 Å². The number of aromatic nitrogens is 2. The molecule has 4 heterocycles. The van der Waals surface area contributed by atoms with Crippen LogP contribution in [-0.2, 0) is 18.3 Å². The van der Waals surface area contributed by atoms with Gasteiger partial charge in [0, 0.05) is 67.0 Å². The first kappa shape index (κ1) is 21.1. The van der Waals surface area contributed by atoms with E-state index in [2.05, 4.69) is 57.3 Å². The van der Waals surface area contributed by atoms with E-state index in [4.69, 9.17) is 4.74 Å². The standard InChI is InChI=1S/C25H28N4O2S/c1-16(2)27-24(30)23-22(19-8-6-10-26-25(19)32-23)21-15-29(11-12-31-21)14-17-13-28(3)20-9-5-4-7-18(17)20/h4-10,13,16,21H,11-12,14-15H2,1-3H3,(H,27,30). The molecule has 166 valence electrons. The molecule has 0 saturated carbocycles. The number of fused-ring (bicyclic) bond motifs is 2. The molecule has 1 aromatic carbocycles. The molecule has 1 amide bonds. The van der Waals surface area contributed by atoms with Gasteiger partial charge in [0.2, 0.25) is 0 Å². The SMILES string of the molecule is CC(C)NC(=O)c1sc2ncccc2c1C1CN(Cc2cn(C)c3ccccc23)CCO1. The van der Waals surface area contributed by atoms with Crippen molar-refractivity contribution < 1.29 is 9.53 Å². The fourth-order valence-corrected chi connectivity index (χ4v) is 5.68. The van der Waals surface area contributed by atoms with Gasteiger partial charge in [0.15, 0.2) is 0 Å². The number of rotatable bonds is 5. The molecule has 0 spiro atoms. The van der Waals surface area contributed by atoms with Crippen LogP contribution in [0.4, 0.5) is 0 Å². The number of pyridine rings is 1. The third kappa shape index (κ3) is 3.92. The second kappa shape index (κ2) is 8.65. The zero-order valence-corrected chi connectivity index (χ0v) is 19.5. The maximum atomic E-state index is 13.0. The number of morpholine rings is 1. The Morgan fingerprint density at radius 3 is 2.91 bits per heavy atom. The molecule has 0 aliphatic carbocycles. The summed E-state index contributed by atoms with van der Waals surface area (Å²) in [6.07, 6.45) is 3.84. The average molecular weight is 449 g/mol. The summed E-state index contributed by atoms with van der Waals surface area (Å²) in [6, 6.07) is 12.6. The quantitative estimate of drug-likeness (QED) is 0.488. The molecular formula is C25H28N4O2S. The number of nitrogens with zero attached hydrogens (tertiary/aromatic N) is 3. The molecule has 1 fully saturated rings. The Hall–Kier alpha value is -2.74. The van der Waals surface area contributed by atoms with Gasteiger partial charge in [-0.2, -0.15) is 0 Å². The van der Waals surface area contributed by atoms with Crippen molar-refractivity contribution in [3.8, 4) is 0 Å². The van der Waals surface area contributed by atoms with Gasteiger partial charge in [-0.05, 0) is 31.5 Å². The summed E-state index contributed by atoms with van der Waals surface area (Å²) in [5.41, 5.74) is 3.53. The molecule has 5 rings (SSSR count). The first-order valence-electron chi connectivity index (χ1n) is 11.1. The normalized spacial score (nSPS) is 17.4. The predicted octanol–water partition coefficient (Wildman–Crippen LogP) is 4.50. The highest BCUT2D eigenvalue weighted by atomic mass is 32.1. The van der Waals surface area contributed by atoms with Crippen molar-refractivity contribution in [3.05, 3.63) is 64.8 Å². The van der Waals surface area contributed by atoms with Crippen LogP contribution in [0, 0.1) is 0 Å². The van der Waals surface area contributed by atoms with Gasteiger partial charge in [-0.15, -0.1) is 11.3 Å². The smallest absolute Gasteiger partial charge is 0.262 e. The fourth-order valence-electron chi connectivity index (χ4n) is 4.58. The molecule has 0 radical (unpaired) electrons. The number of hydrogen-bond donors (Lipinski definition) is 1. The first-order chi connectivity index (χ1) is 15.5. The van der Waals surface area contributed by atoms with Crippen molar-refractivity contribution in [1.29, 1.82) is 0 Å². The minimum atomic E-state index is -0.162. The van der Waals surface area contributed by atoms with Crippen LogP contribution in [0.3, 0.4) is 0 Å². The van der Waals surface area contributed by atoms with Crippen molar-refractivity contribution in [2.24, 2.45) is 7.05 Å². The third-order valence-electron chi connectivity index (χ3n) is 5.98. The van der Waals surface area contributed by atoms with E-state index in [1.54, 1.807) is 6.20 Å². The lowest BCUT2D eigenvalue weighted by molar-refractivity contribution is -0.0322. The van der Waals surface area contributed by atoms with Crippen molar-refractivity contribution in [2.75, 3.05) is 19.7 Å². The molecule has 6 nitrogen and oxygen atoms in total. The molecule has 3 aromatic heterocycles. The lowest BCUT2D eigenvalue weighted by Gasteiger charge is -2.33. The first-order valence-corrected chi connectivity index (χ1v) is 11.9. The van der Waals surface area contributed by atoms with E-state index in [1.165, 1.54) is 27.8 Å². The largest absolute Gasteiger partial charge is 0.371 e. The minimum Gasteiger partial charge on any atom is -0.371 e. The maximum absolute atomic E-state index is 13.0. The summed E-state index contributed by atoms with van der Waals surface area (Å²) in [5.74, 6) is -0.0484. The molecule has 1 saturated heterocycles. The molecule has 1 atom stereocenters. The average Bonchev–Trinajstić information content (AvgIpc) is 3.32. The Bertz CT molecular complexity index is 1280. The van der Waals surface area contributed by atoms with E-state index in [1.807, 2.05) is 26.0 Å². The van der Waals surface area contributed by atoms with Gasteiger partial charge in [-0.25, -0.2) is 4.98 Å². The molecule has 0 bridgehead atoms. The van der Waals surface area contributed by atoms with Crippen molar-refractivity contribution >= 4 is 38.4 Å². The zero-order valence-electron chi connectivity index (χ0n) is 18.7. The molecule has 7 heteroatoms. The van der Waals surface area contributed by atoms with Gasteiger partial charge >= 0.3 is 0 Å². The number of hydrogen-bond acceptors (Lipinski definition) is 5. The number of amides is 1. The van der Waals surface area contributed by atoms with Crippen LogP contribution < -0.4 is 5.32 Å². The predicted molar refractivity (Wildman–Crippen MR) is 129 cm³/mol. The topological polar surface area (TPSA) is 59.4 Å². The van der Waals surface area contributed by atoms with Crippen LogP contribution in [0.25, 0.3) is 21.1 Å². The Kier molecular flexibility index (Phi) is 5.71. The summed E-state index contributed by atoms with van der Waals surface area (Å²) >= 11 is 1.45. The summed E-state index contributed by atoms with van der Waals surface area (Å²) in [6.45, 7) is 7.06. The number of nitrogens with one attached hydrogen (secondary N) is 1. The van der Waals surface area contributed by atoms with Gasteiger partial charge in [0.05, 0.1) is 12.7 Å². The van der Waals surface area contributed by atoms with Gasteiger partial charge in [-0.1, -0.05) is 24.3 Å². The van der Waals surface area contributed by atoms with Crippen LogP contribution in [0.1, 0.15) is 40.8 Å². The zero-order chi connectivity index (χ0) is 22.2. The van der Waals surface area contributed by atoms with Crippen molar-refractivity contribution in [2.45, 2.75) is 32.5 Å². The number of carbonyl (C=O) groups excluding carboxylic acids is 1. The van der Waals surface area contributed by atoms with Crippen LogP contribution >= 0.6 is 11.3 Å². The van der Waals surface area contributed by atoms with Gasteiger partial charge in [0.1, 0.15) is 9.71 Å². The fraction of sp³-hybridized carbons (Fsp3) is 0.360. The second-order valence-electron chi connectivity index (χ2n) is 8.71. The van der Waals surface area contributed by atoms with Crippen LogP contribution in [-0.4, -0.2) is 46.1 Å². The molecule has 4 aromatic rings. The Morgan fingerprint density at radius 2 is 2.06 bits per heavy atom. The van der Waals surface area contributed by atoms with E-state index in [9.17, 15) is 4.79 Å². The lowest BCUT2D eigenvalue weighted by atomic mass is 10.0. The summed E-state index contributed by atoms with van der Waals surface area (Å²) in [7, 11) is 2.10. The van der Waals surface area contributed by atoms with Crippen LogP contribution in [0.15, 0.2) is 48.8 Å². The van der Waals surface area contributed by atoms with Gasteiger partial charge in [-0.3, -0.25) is 9.69 Å². The van der Waals surface area contributed by atoms with Gasteiger partial charge < -0.3 is 14.6 Å². The second-order valence-corrected chi connectivity index (χ2v) is 9.71. The van der Waals surface area contributed by atoms with E-state index in [-0.39, 0.29) is 18.1 Å². The van der Waals surface area contributed by atoms with Crippen molar-refractivity contribution in [1.82, 2.24) is 19.8 Å². The Morgan fingerprint density at radius 1 is 1.25 bits per heavy atom. The monoisotopic (exact) mass is 448 g/mol. The highest BCUT2D eigenvalue weighted by Gasteiger charge is 2.30. The molecule has 1 aliphatic rings. The number of para-hydroxylation sites is 1.